The highest BCUT2D eigenvalue weighted by Crippen LogP contribution is 2.38. The van der Waals surface area contributed by atoms with Crippen LogP contribution in [0.15, 0.2) is 72.8 Å². The van der Waals surface area contributed by atoms with E-state index in [2.05, 4.69) is 16.0 Å². The highest BCUT2D eigenvalue weighted by atomic mass is 16.5. The summed E-state index contributed by atoms with van der Waals surface area (Å²) in [7, 11) is 0. The van der Waals surface area contributed by atoms with Gasteiger partial charge in [0.05, 0.1) is 29.1 Å². The summed E-state index contributed by atoms with van der Waals surface area (Å²) in [5.74, 6) is -0.709. The first-order chi connectivity index (χ1) is 15.6. The molecule has 3 N–H and O–H groups in total. The van der Waals surface area contributed by atoms with Crippen LogP contribution in [-0.2, 0) is 14.3 Å². The summed E-state index contributed by atoms with van der Waals surface area (Å²) in [6, 6.07) is 21.7. The van der Waals surface area contributed by atoms with E-state index in [-0.39, 0.29) is 12.5 Å². The predicted molar refractivity (Wildman–Crippen MR) is 124 cm³/mol. The lowest BCUT2D eigenvalue weighted by Gasteiger charge is -2.15. The average molecular weight is 427 g/mol. The SMILES string of the molecule is CCOC(=O)c1ccc2c(c1)NC(=O)/C2=C(\Nc1ccc(NC=O)cc1)c1ccccc1. The third-order valence-electron chi connectivity index (χ3n) is 4.97. The van der Waals surface area contributed by atoms with E-state index in [4.69, 9.17) is 4.74 Å². The minimum atomic E-state index is -0.438. The fourth-order valence-corrected chi connectivity index (χ4v) is 3.51. The Hall–Kier alpha value is -4.39. The van der Waals surface area contributed by atoms with Crippen LogP contribution >= 0.6 is 0 Å². The fraction of sp³-hybridized carbons (Fsp3) is 0.0800. The van der Waals surface area contributed by atoms with Gasteiger partial charge in [0.1, 0.15) is 0 Å². The van der Waals surface area contributed by atoms with Crippen molar-refractivity contribution in [2.45, 2.75) is 6.92 Å². The normalized spacial score (nSPS) is 13.6. The lowest BCUT2D eigenvalue weighted by atomic mass is 9.99. The molecular weight excluding hydrogens is 406 g/mol. The van der Waals surface area contributed by atoms with Crippen molar-refractivity contribution in [2.75, 3.05) is 22.6 Å². The zero-order valence-corrected chi connectivity index (χ0v) is 17.3. The van der Waals surface area contributed by atoms with E-state index >= 15 is 0 Å². The molecular formula is C25H21N3O4. The number of rotatable bonds is 7. The molecule has 0 saturated heterocycles. The van der Waals surface area contributed by atoms with Crippen LogP contribution in [0.5, 0.6) is 0 Å². The van der Waals surface area contributed by atoms with E-state index in [0.29, 0.717) is 40.2 Å². The third-order valence-corrected chi connectivity index (χ3v) is 4.97. The quantitative estimate of drug-likeness (QED) is 0.296. The van der Waals surface area contributed by atoms with Crippen molar-refractivity contribution in [1.29, 1.82) is 0 Å². The number of amides is 2. The van der Waals surface area contributed by atoms with Gasteiger partial charge < -0.3 is 20.7 Å². The monoisotopic (exact) mass is 427 g/mol. The summed E-state index contributed by atoms with van der Waals surface area (Å²) in [5, 5.41) is 8.80. The molecule has 4 rings (SSSR count). The number of carbonyl (C=O) groups excluding carboxylic acids is 3. The zero-order chi connectivity index (χ0) is 22.5. The summed E-state index contributed by atoms with van der Waals surface area (Å²) >= 11 is 0. The van der Waals surface area contributed by atoms with Crippen LogP contribution in [0.4, 0.5) is 17.1 Å². The molecule has 0 aliphatic carbocycles. The lowest BCUT2D eigenvalue weighted by Crippen LogP contribution is -2.10. The maximum Gasteiger partial charge on any atom is 0.338 e. The number of hydrogen-bond acceptors (Lipinski definition) is 5. The first-order valence-electron chi connectivity index (χ1n) is 10.1. The molecule has 0 atom stereocenters. The first kappa shape index (κ1) is 20.9. The summed E-state index contributed by atoms with van der Waals surface area (Å²) < 4.78 is 5.06. The second kappa shape index (κ2) is 9.18. The van der Waals surface area contributed by atoms with Crippen molar-refractivity contribution in [1.82, 2.24) is 0 Å². The number of carbonyl (C=O) groups is 3. The van der Waals surface area contributed by atoms with Gasteiger partial charge in [-0.2, -0.15) is 0 Å². The Morgan fingerprint density at radius 2 is 1.69 bits per heavy atom. The van der Waals surface area contributed by atoms with Crippen molar-refractivity contribution in [2.24, 2.45) is 0 Å². The number of hydrogen-bond donors (Lipinski definition) is 3. The minimum absolute atomic E-state index is 0.272. The highest BCUT2D eigenvalue weighted by molar-refractivity contribution is 6.37. The lowest BCUT2D eigenvalue weighted by molar-refractivity contribution is -0.110. The van der Waals surface area contributed by atoms with E-state index in [1.165, 1.54) is 0 Å². The smallest absolute Gasteiger partial charge is 0.338 e. The number of benzene rings is 3. The van der Waals surface area contributed by atoms with Gasteiger partial charge in [0.25, 0.3) is 5.91 Å². The van der Waals surface area contributed by atoms with Gasteiger partial charge in [-0.3, -0.25) is 9.59 Å². The molecule has 0 unspecified atom stereocenters. The summed E-state index contributed by atoms with van der Waals surface area (Å²) in [5.41, 5.74) is 4.95. The Labute approximate surface area is 185 Å². The van der Waals surface area contributed by atoms with E-state index in [1.54, 1.807) is 37.3 Å². The molecule has 1 heterocycles. The summed E-state index contributed by atoms with van der Waals surface area (Å²) in [6.07, 6.45) is 0.615. The Balaban J connectivity index is 1.79. The Bertz CT molecular complexity index is 1200. The third kappa shape index (κ3) is 4.22. The van der Waals surface area contributed by atoms with Gasteiger partial charge in [0, 0.05) is 16.9 Å². The van der Waals surface area contributed by atoms with Crippen LogP contribution in [0.25, 0.3) is 11.3 Å². The standard InChI is InChI=1S/C25H21N3O4/c1-2-32-25(31)17-8-13-20-21(14-17)28-24(30)22(20)23(16-6-4-3-5-7-16)27-19-11-9-18(10-12-19)26-15-29/h3-15,27H,2H2,1H3,(H,26,29)(H,28,30)/b23-22-. The van der Waals surface area contributed by atoms with Crippen molar-refractivity contribution in [3.63, 3.8) is 0 Å². The predicted octanol–water partition coefficient (Wildman–Crippen LogP) is 4.36. The van der Waals surface area contributed by atoms with Gasteiger partial charge in [-0.1, -0.05) is 36.4 Å². The molecule has 32 heavy (non-hydrogen) atoms. The topological polar surface area (TPSA) is 96.5 Å². The summed E-state index contributed by atoms with van der Waals surface area (Å²) in [6.45, 7) is 2.02. The van der Waals surface area contributed by atoms with Gasteiger partial charge in [0.15, 0.2) is 0 Å². The average Bonchev–Trinajstić information content (AvgIpc) is 3.14. The highest BCUT2D eigenvalue weighted by Gasteiger charge is 2.29. The minimum Gasteiger partial charge on any atom is -0.462 e. The van der Waals surface area contributed by atoms with Gasteiger partial charge in [-0.15, -0.1) is 0 Å². The van der Waals surface area contributed by atoms with Crippen molar-refractivity contribution < 1.29 is 19.1 Å². The Morgan fingerprint density at radius 3 is 2.38 bits per heavy atom. The second-order valence-corrected chi connectivity index (χ2v) is 7.02. The Morgan fingerprint density at radius 1 is 0.969 bits per heavy atom. The molecule has 0 radical (unpaired) electrons. The van der Waals surface area contributed by atoms with Gasteiger partial charge >= 0.3 is 5.97 Å². The zero-order valence-electron chi connectivity index (χ0n) is 17.3. The largest absolute Gasteiger partial charge is 0.462 e. The molecule has 2 amide bonds. The maximum absolute atomic E-state index is 13.0. The van der Waals surface area contributed by atoms with Crippen LogP contribution in [-0.4, -0.2) is 24.9 Å². The van der Waals surface area contributed by atoms with Crippen LogP contribution in [0.1, 0.15) is 28.4 Å². The van der Waals surface area contributed by atoms with Gasteiger partial charge in [0.2, 0.25) is 6.41 Å². The molecule has 1 aliphatic rings. The number of nitrogens with one attached hydrogen (secondary N) is 3. The maximum atomic E-state index is 13.0. The molecule has 3 aromatic rings. The molecule has 7 heteroatoms. The Kier molecular flexibility index (Phi) is 5.98. The molecule has 1 aliphatic heterocycles. The van der Waals surface area contributed by atoms with Crippen LogP contribution in [0, 0.1) is 0 Å². The summed E-state index contributed by atoms with van der Waals surface area (Å²) in [4.78, 5) is 35.7. The van der Waals surface area contributed by atoms with E-state index in [9.17, 15) is 14.4 Å². The van der Waals surface area contributed by atoms with Crippen LogP contribution < -0.4 is 16.0 Å². The van der Waals surface area contributed by atoms with E-state index < -0.39 is 5.97 Å². The van der Waals surface area contributed by atoms with Crippen LogP contribution in [0.3, 0.4) is 0 Å². The number of esters is 1. The molecule has 7 nitrogen and oxygen atoms in total. The molecule has 0 aromatic heterocycles. The van der Waals surface area contributed by atoms with Crippen molar-refractivity contribution in [3.8, 4) is 0 Å². The molecule has 0 spiro atoms. The van der Waals surface area contributed by atoms with Gasteiger partial charge in [-0.05, 0) is 48.9 Å². The number of fused-ring (bicyclic) bond motifs is 1. The molecule has 160 valence electrons. The molecule has 0 bridgehead atoms. The van der Waals surface area contributed by atoms with Crippen molar-refractivity contribution >= 4 is 46.6 Å². The van der Waals surface area contributed by atoms with Gasteiger partial charge in [-0.25, -0.2) is 4.79 Å². The number of anilines is 3. The van der Waals surface area contributed by atoms with E-state index in [1.807, 2.05) is 42.5 Å². The molecule has 0 fully saturated rings. The van der Waals surface area contributed by atoms with Crippen LogP contribution in [0.2, 0.25) is 0 Å². The van der Waals surface area contributed by atoms with E-state index in [0.717, 1.165) is 11.3 Å². The van der Waals surface area contributed by atoms with Crippen molar-refractivity contribution in [3.05, 3.63) is 89.5 Å². The molecule has 0 saturated carbocycles. The molecule has 3 aromatic carbocycles. The number of ether oxygens (including phenoxy) is 1. The fourth-order valence-electron chi connectivity index (χ4n) is 3.51. The first-order valence-corrected chi connectivity index (χ1v) is 10.1. The second-order valence-electron chi connectivity index (χ2n) is 7.02.